The molecular formula is C16H18N2O2S. The molecule has 0 bridgehead atoms. The first-order valence-electron chi connectivity index (χ1n) is 6.71. The Bertz CT molecular complexity index is 644. The number of nitrogen functional groups attached to an aromatic ring is 1. The molecule has 5 heteroatoms. The number of aryl methyl sites for hydroxylation is 1. The molecule has 0 saturated heterocycles. The Morgan fingerprint density at radius 1 is 1.38 bits per heavy atom. The number of hydrogen-bond acceptors (Lipinski definition) is 5. The molecule has 0 aliphatic heterocycles. The van der Waals surface area contributed by atoms with Gasteiger partial charge in [-0.05, 0) is 31.0 Å². The van der Waals surface area contributed by atoms with Crippen molar-refractivity contribution in [3.8, 4) is 0 Å². The molecule has 0 atom stereocenters. The molecule has 0 unspecified atom stereocenters. The number of esters is 1. The molecule has 2 N–H and O–H groups in total. The van der Waals surface area contributed by atoms with Gasteiger partial charge in [0.15, 0.2) is 0 Å². The quantitative estimate of drug-likeness (QED) is 0.677. The van der Waals surface area contributed by atoms with Crippen LogP contribution in [0.15, 0.2) is 41.6 Å². The van der Waals surface area contributed by atoms with Crippen molar-refractivity contribution < 1.29 is 9.53 Å². The lowest BCUT2D eigenvalue weighted by atomic mass is 10.1. The van der Waals surface area contributed by atoms with E-state index in [9.17, 15) is 4.79 Å². The van der Waals surface area contributed by atoms with E-state index in [0.717, 1.165) is 5.75 Å². The van der Waals surface area contributed by atoms with E-state index in [4.69, 9.17) is 10.5 Å². The molecule has 1 aromatic carbocycles. The van der Waals surface area contributed by atoms with Crippen LogP contribution in [0.25, 0.3) is 0 Å². The van der Waals surface area contributed by atoms with Crippen LogP contribution in [-0.4, -0.2) is 17.6 Å². The zero-order valence-corrected chi connectivity index (χ0v) is 12.9. The van der Waals surface area contributed by atoms with Gasteiger partial charge in [-0.1, -0.05) is 24.3 Å². The highest BCUT2D eigenvalue weighted by molar-refractivity contribution is 7.98. The lowest BCUT2D eigenvalue weighted by Gasteiger charge is -2.09. The number of aromatic nitrogens is 1. The molecule has 0 saturated carbocycles. The summed E-state index contributed by atoms with van der Waals surface area (Å²) < 4.78 is 5.05. The highest BCUT2D eigenvalue weighted by Gasteiger charge is 2.15. The Labute approximate surface area is 128 Å². The summed E-state index contributed by atoms with van der Waals surface area (Å²) >= 11 is 1.51. The summed E-state index contributed by atoms with van der Waals surface area (Å²) in [4.78, 5) is 16.2. The molecule has 0 amide bonds. The molecule has 0 aliphatic rings. The van der Waals surface area contributed by atoms with Crippen LogP contribution in [0.2, 0.25) is 0 Å². The van der Waals surface area contributed by atoms with E-state index in [1.165, 1.54) is 22.9 Å². The third-order valence-corrected chi connectivity index (χ3v) is 4.05. The Hall–Kier alpha value is -2.01. The normalized spacial score (nSPS) is 10.4. The van der Waals surface area contributed by atoms with E-state index in [-0.39, 0.29) is 5.97 Å². The van der Waals surface area contributed by atoms with Crippen LogP contribution < -0.4 is 5.73 Å². The number of nitrogens with zero attached hydrogens (tertiary/aromatic N) is 1. The van der Waals surface area contributed by atoms with E-state index in [0.29, 0.717) is 22.9 Å². The van der Waals surface area contributed by atoms with Crippen LogP contribution in [0, 0.1) is 6.92 Å². The molecule has 4 nitrogen and oxygen atoms in total. The number of anilines is 1. The van der Waals surface area contributed by atoms with Crippen molar-refractivity contribution in [2.75, 3.05) is 12.3 Å². The highest BCUT2D eigenvalue weighted by Crippen LogP contribution is 2.27. The van der Waals surface area contributed by atoms with E-state index in [2.05, 4.69) is 24.0 Å². The first-order valence-corrected chi connectivity index (χ1v) is 7.70. The molecule has 110 valence electrons. The summed E-state index contributed by atoms with van der Waals surface area (Å²) in [5.74, 6) is 0.361. The van der Waals surface area contributed by atoms with Crippen molar-refractivity contribution in [1.82, 2.24) is 4.98 Å². The number of carbonyl (C=O) groups excluding carboxylic acids is 1. The minimum Gasteiger partial charge on any atom is -0.462 e. The van der Waals surface area contributed by atoms with Crippen molar-refractivity contribution in [1.29, 1.82) is 0 Å². The average Bonchev–Trinajstić information content (AvgIpc) is 2.47. The molecule has 0 radical (unpaired) electrons. The van der Waals surface area contributed by atoms with Crippen LogP contribution in [0.3, 0.4) is 0 Å². The molecule has 21 heavy (non-hydrogen) atoms. The van der Waals surface area contributed by atoms with Gasteiger partial charge >= 0.3 is 5.97 Å². The van der Waals surface area contributed by atoms with E-state index >= 15 is 0 Å². The van der Waals surface area contributed by atoms with Gasteiger partial charge in [0.2, 0.25) is 0 Å². The smallest absolute Gasteiger partial charge is 0.340 e. The fourth-order valence-electron chi connectivity index (χ4n) is 1.86. The fourth-order valence-corrected chi connectivity index (χ4v) is 2.90. The van der Waals surface area contributed by atoms with Crippen molar-refractivity contribution in [2.45, 2.75) is 24.6 Å². The molecule has 0 aliphatic carbocycles. The number of pyridine rings is 1. The van der Waals surface area contributed by atoms with Crippen molar-refractivity contribution in [2.24, 2.45) is 0 Å². The summed E-state index contributed by atoms with van der Waals surface area (Å²) in [6.45, 7) is 4.17. The van der Waals surface area contributed by atoms with Crippen LogP contribution in [-0.2, 0) is 10.5 Å². The second-order valence-electron chi connectivity index (χ2n) is 4.56. The third-order valence-electron chi connectivity index (χ3n) is 2.99. The number of ether oxygens (including phenoxy) is 1. The van der Waals surface area contributed by atoms with Crippen LogP contribution in [0.5, 0.6) is 0 Å². The predicted molar refractivity (Wildman–Crippen MR) is 85.3 cm³/mol. The lowest BCUT2D eigenvalue weighted by molar-refractivity contribution is 0.0521. The summed E-state index contributed by atoms with van der Waals surface area (Å²) in [6.07, 6.45) is 1.56. The third kappa shape index (κ3) is 3.98. The number of nitrogens with two attached hydrogens (primary N) is 1. The predicted octanol–water partition coefficient (Wildman–Crippen LogP) is 3.44. The number of benzene rings is 1. The first-order chi connectivity index (χ1) is 10.1. The van der Waals surface area contributed by atoms with Gasteiger partial charge in [0.05, 0.1) is 24.1 Å². The monoisotopic (exact) mass is 302 g/mol. The zero-order chi connectivity index (χ0) is 15.2. The SMILES string of the molecule is CCOC(=O)c1cc(N)cnc1SCc1ccccc1C. The summed E-state index contributed by atoms with van der Waals surface area (Å²) in [5, 5.41) is 0.644. The van der Waals surface area contributed by atoms with E-state index in [1.54, 1.807) is 19.2 Å². The summed E-state index contributed by atoms with van der Waals surface area (Å²) in [5.41, 5.74) is 9.04. The largest absolute Gasteiger partial charge is 0.462 e. The summed E-state index contributed by atoms with van der Waals surface area (Å²) in [6, 6.07) is 9.77. The number of thioether (sulfide) groups is 1. The molecule has 0 fully saturated rings. The molecule has 1 heterocycles. The zero-order valence-electron chi connectivity index (χ0n) is 12.1. The molecule has 0 spiro atoms. The fraction of sp³-hybridized carbons (Fsp3) is 0.250. The number of carbonyl (C=O) groups is 1. The van der Waals surface area contributed by atoms with Crippen LogP contribution >= 0.6 is 11.8 Å². The minimum atomic E-state index is -0.385. The maximum atomic E-state index is 12.0. The van der Waals surface area contributed by atoms with Gasteiger partial charge in [-0.15, -0.1) is 11.8 Å². The highest BCUT2D eigenvalue weighted by atomic mass is 32.2. The van der Waals surface area contributed by atoms with Crippen LogP contribution in [0.1, 0.15) is 28.4 Å². The second-order valence-corrected chi connectivity index (χ2v) is 5.52. The summed E-state index contributed by atoms with van der Waals surface area (Å²) in [7, 11) is 0. The van der Waals surface area contributed by atoms with Gasteiger partial charge in [0, 0.05) is 5.75 Å². The van der Waals surface area contributed by atoms with Gasteiger partial charge in [-0.3, -0.25) is 0 Å². The van der Waals surface area contributed by atoms with Gasteiger partial charge < -0.3 is 10.5 Å². The lowest BCUT2D eigenvalue weighted by Crippen LogP contribution is -2.08. The van der Waals surface area contributed by atoms with Crippen molar-refractivity contribution >= 4 is 23.4 Å². The van der Waals surface area contributed by atoms with E-state index in [1.807, 2.05) is 12.1 Å². The maximum Gasteiger partial charge on any atom is 0.340 e. The number of hydrogen-bond donors (Lipinski definition) is 1. The molecule has 1 aromatic heterocycles. The van der Waals surface area contributed by atoms with E-state index < -0.39 is 0 Å². The molecule has 2 rings (SSSR count). The van der Waals surface area contributed by atoms with Gasteiger partial charge in [-0.2, -0.15) is 0 Å². The number of rotatable bonds is 5. The Morgan fingerprint density at radius 2 is 2.14 bits per heavy atom. The Balaban J connectivity index is 2.20. The van der Waals surface area contributed by atoms with Crippen molar-refractivity contribution in [3.63, 3.8) is 0 Å². The molecular weight excluding hydrogens is 284 g/mol. The molecule has 2 aromatic rings. The van der Waals surface area contributed by atoms with Crippen molar-refractivity contribution in [3.05, 3.63) is 53.2 Å². The van der Waals surface area contributed by atoms with Crippen LogP contribution in [0.4, 0.5) is 5.69 Å². The average molecular weight is 302 g/mol. The minimum absolute atomic E-state index is 0.329. The van der Waals surface area contributed by atoms with Gasteiger partial charge in [-0.25, -0.2) is 9.78 Å². The Morgan fingerprint density at radius 3 is 2.86 bits per heavy atom. The standard InChI is InChI=1S/C16H18N2O2S/c1-3-20-16(19)14-8-13(17)9-18-15(14)21-10-12-7-5-4-6-11(12)2/h4-9H,3,10,17H2,1-2H3. The Kier molecular flexibility index (Phi) is 5.22. The van der Waals surface area contributed by atoms with Gasteiger partial charge in [0.25, 0.3) is 0 Å². The second kappa shape index (κ2) is 7.13. The van der Waals surface area contributed by atoms with Gasteiger partial charge in [0.1, 0.15) is 5.03 Å². The maximum absolute atomic E-state index is 12.0. The topological polar surface area (TPSA) is 65.2 Å². The first kappa shape index (κ1) is 15.4.